The number of anilines is 1. The number of para-hydroxylation sites is 2. The number of ether oxygens (including phenoxy) is 1. The molecule has 1 unspecified atom stereocenters. The van der Waals surface area contributed by atoms with Gasteiger partial charge >= 0.3 is 0 Å². The number of aliphatic hydroxyl groups excluding tert-OH is 1. The van der Waals surface area contributed by atoms with E-state index in [1.807, 2.05) is 50.1 Å². The first-order chi connectivity index (χ1) is 8.04. The van der Waals surface area contributed by atoms with Crippen molar-refractivity contribution in [3.63, 3.8) is 0 Å². The second kappa shape index (κ2) is 6.47. The lowest BCUT2D eigenvalue weighted by molar-refractivity contribution is 0.189. The maximum atomic E-state index is 9.55. The molecule has 3 N–H and O–H groups in total. The Kier molecular flexibility index (Phi) is 5.25. The zero-order valence-electron chi connectivity index (χ0n) is 10.8. The number of hydrogen-bond donors (Lipinski definition) is 2. The number of hydrogen-bond acceptors (Lipinski definition) is 4. The largest absolute Gasteiger partial charge is 0.489 e. The molecule has 0 saturated carbocycles. The van der Waals surface area contributed by atoms with Gasteiger partial charge in [0.1, 0.15) is 5.75 Å². The van der Waals surface area contributed by atoms with Gasteiger partial charge in [-0.3, -0.25) is 0 Å². The smallest absolute Gasteiger partial charge is 0.142 e. The zero-order chi connectivity index (χ0) is 12.8. The number of nitrogens with zero attached hydrogens (tertiary/aromatic N) is 1. The first-order valence-corrected chi connectivity index (χ1v) is 5.89. The Labute approximate surface area is 103 Å². The molecule has 1 rings (SSSR count). The molecule has 0 spiro atoms. The molecule has 0 aromatic heterocycles. The van der Waals surface area contributed by atoms with Crippen LogP contribution in [0.4, 0.5) is 5.69 Å². The van der Waals surface area contributed by atoms with Gasteiger partial charge in [-0.05, 0) is 26.0 Å². The highest BCUT2D eigenvalue weighted by molar-refractivity contribution is 5.58. The SMILES string of the molecule is CC(C)Oc1ccccc1N(C)CC(O)CN. The fourth-order valence-electron chi connectivity index (χ4n) is 1.62. The van der Waals surface area contributed by atoms with Gasteiger partial charge in [-0.1, -0.05) is 12.1 Å². The maximum absolute atomic E-state index is 9.55. The third kappa shape index (κ3) is 4.24. The van der Waals surface area contributed by atoms with Crippen LogP contribution in [0.3, 0.4) is 0 Å². The van der Waals surface area contributed by atoms with Crippen LogP contribution in [0.15, 0.2) is 24.3 Å². The Morgan fingerprint density at radius 2 is 2.00 bits per heavy atom. The Morgan fingerprint density at radius 1 is 1.35 bits per heavy atom. The van der Waals surface area contributed by atoms with Gasteiger partial charge in [0.05, 0.1) is 17.9 Å². The van der Waals surface area contributed by atoms with Crippen LogP contribution in [-0.4, -0.2) is 37.5 Å². The van der Waals surface area contributed by atoms with Gasteiger partial charge in [0.15, 0.2) is 0 Å². The van der Waals surface area contributed by atoms with Crippen LogP contribution < -0.4 is 15.4 Å². The average Bonchev–Trinajstić information content (AvgIpc) is 2.28. The van der Waals surface area contributed by atoms with E-state index in [0.717, 1.165) is 11.4 Å². The molecule has 1 atom stereocenters. The molecule has 96 valence electrons. The molecule has 0 aliphatic carbocycles. The quantitative estimate of drug-likeness (QED) is 0.782. The monoisotopic (exact) mass is 238 g/mol. The van der Waals surface area contributed by atoms with Gasteiger partial charge < -0.3 is 20.5 Å². The highest BCUT2D eigenvalue weighted by Crippen LogP contribution is 2.27. The second-order valence-corrected chi connectivity index (χ2v) is 4.40. The van der Waals surface area contributed by atoms with E-state index in [-0.39, 0.29) is 12.6 Å². The molecule has 0 aliphatic heterocycles. The van der Waals surface area contributed by atoms with Crippen LogP contribution in [0.2, 0.25) is 0 Å². The summed E-state index contributed by atoms with van der Waals surface area (Å²) < 4.78 is 5.73. The van der Waals surface area contributed by atoms with Crippen molar-refractivity contribution in [2.24, 2.45) is 5.73 Å². The summed E-state index contributed by atoms with van der Waals surface area (Å²) in [5.41, 5.74) is 6.38. The van der Waals surface area contributed by atoms with Crippen molar-refractivity contribution in [1.29, 1.82) is 0 Å². The number of aliphatic hydroxyl groups is 1. The van der Waals surface area contributed by atoms with Crippen molar-refractivity contribution in [1.82, 2.24) is 0 Å². The lowest BCUT2D eigenvalue weighted by atomic mass is 10.2. The Morgan fingerprint density at radius 3 is 2.59 bits per heavy atom. The van der Waals surface area contributed by atoms with E-state index in [9.17, 15) is 5.11 Å². The van der Waals surface area contributed by atoms with E-state index in [1.54, 1.807) is 0 Å². The molecular formula is C13H22N2O2. The van der Waals surface area contributed by atoms with Crippen LogP contribution in [0.25, 0.3) is 0 Å². The first-order valence-electron chi connectivity index (χ1n) is 5.89. The van der Waals surface area contributed by atoms with Crippen LogP contribution in [-0.2, 0) is 0 Å². The Balaban J connectivity index is 2.81. The van der Waals surface area contributed by atoms with Crippen molar-refractivity contribution in [2.75, 3.05) is 25.0 Å². The third-order valence-corrected chi connectivity index (χ3v) is 2.40. The van der Waals surface area contributed by atoms with Crippen LogP contribution in [0.5, 0.6) is 5.75 Å². The second-order valence-electron chi connectivity index (χ2n) is 4.40. The molecule has 0 bridgehead atoms. The van der Waals surface area contributed by atoms with Crippen molar-refractivity contribution >= 4 is 5.69 Å². The predicted molar refractivity (Wildman–Crippen MR) is 70.5 cm³/mol. The van der Waals surface area contributed by atoms with Crippen LogP contribution >= 0.6 is 0 Å². The van der Waals surface area contributed by atoms with Crippen molar-refractivity contribution in [3.8, 4) is 5.75 Å². The summed E-state index contributed by atoms with van der Waals surface area (Å²) in [5, 5.41) is 9.55. The maximum Gasteiger partial charge on any atom is 0.142 e. The molecule has 4 nitrogen and oxygen atoms in total. The minimum atomic E-state index is -0.521. The van der Waals surface area contributed by atoms with Crippen LogP contribution in [0, 0.1) is 0 Å². The number of benzene rings is 1. The van der Waals surface area contributed by atoms with Gasteiger partial charge in [0, 0.05) is 20.1 Å². The molecule has 0 heterocycles. The van der Waals surface area contributed by atoms with Crippen molar-refractivity contribution < 1.29 is 9.84 Å². The molecule has 1 aromatic rings. The average molecular weight is 238 g/mol. The first kappa shape index (κ1) is 13.8. The fourth-order valence-corrected chi connectivity index (χ4v) is 1.62. The molecule has 0 aliphatic rings. The number of nitrogens with two attached hydrogens (primary N) is 1. The zero-order valence-corrected chi connectivity index (χ0v) is 10.8. The fraction of sp³-hybridized carbons (Fsp3) is 0.538. The summed E-state index contributed by atoms with van der Waals surface area (Å²) in [5.74, 6) is 0.828. The summed E-state index contributed by atoms with van der Waals surface area (Å²) >= 11 is 0. The summed E-state index contributed by atoms with van der Waals surface area (Å²) in [7, 11) is 1.92. The normalized spacial score (nSPS) is 12.6. The molecule has 17 heavy (non-hydrogen) atoms. The van der Waals surface area contributed by atoms with E-state index in [4.69, 9.17) is 10.5 Å². The molecule has 0 saturated heterocycles. The lowest BCUT2D eigenvalue weighted by Gasteiger charge is -2.25. The van der Waals surface area contributed by atoms with E-state index in [0.29, 0.717) is 6.54 Å². The van der Waals surface area contributed by atoms with Gasteiger partial charge in [-0.25, -0.2) is 0 Å². The van der Waals surface area contributed by atoms with Gasteiger partial charge in [0.25, 0.3) is 0 Å². The van der Waals surface area contributed by atoms with E-state index >= 15 is 0 Å². The third-order valence-electron chi connectivity index (χ3n) is 2.40. The summed E-state index contributed by atoms with van der Waals surface area (Å²) in [4.78, 5) is 1.95. The standard InChI is InChI=1S/C13H22N2O2/c1-10(2)17-13-7-5-4-6-12(13)15(3)9-11(16)8-14/h4-7,10-11,16H,8-9,14H2,1-3H3. The highest BCUT2D eigenvalue weighted by Gasteiger charge is 2.12. The molecule has 0 fully saturated rings. The summed E-state index contributed by atoms with van der Waals surface area (Å²) in [6, 6.07) is 7.80. The minimum Gasteiger partial charge on any atom is -0.489 e. The molecule has 0 amide bonds. The predicted octanol–water partition coefficient (Wildman–Crippen LogP) is 1.23. The van der Waals surface area contributed by atoms with E-state index in [1.165, 1.54) is 0 Å². The summed E-state index contributed by atoms with van der Waals surface area (Å²) in [6.07, 6.45) is -0.393. The molecular weight excluding hydrogens is 216 g/mol. The van der Waals surface area contributed by atoms with Crippen molar-refractivity contribution in [2.45, 2.75) is 26.1 Å². The number of rotatable bonds is 6. The summed E-state index contributed by atoms with van der Waals surface area (Å²) in [6.45, 7) is 4.74. The highest BCUT2D eigenvalue weighted by atomic mass is 16.5. The topological polar surface area (TPSA) is 58.7 Å². The molecule has 1 aromatic carbocycles. The molecule has 0 radical (unpaired) electrons. The van der Waals surface area contributed by atoms with E-state index < -0.39 is 6.10 Å². The number of likely N-dealkylation sites (N-methyl/N-ethyl adjacent to an activating group) is 1. The lowest BCUT2D eigenvalue weighted by Crippen LogP contribution is -2.34. The van der Waals surface area contributed by atoms with Gasteiger partial charge in [0.2, 0.25) is 0 Å². The van der Waals surface area contributed by atoms with Gasteiger partial charge in [-0.2, -0.15) is 0 Å². The minimum absolute atomic E-state index is 0.129. The van der Waals surface area contributed by atoms with Crippen molar-refractivity contribution in [3.05, 3.63) is 24.3 Å². The Bertz CT molecular complexity index is 342. The van der Waals surface area contributed by atoms with Gasteiger partial charge in [-0.15, -0.1) is 0 Å². The van der Waals surface area contributed by atoms with E-state index in [2.05, 4.69) is 0 Å². The van der Waals surface area contributed by atoms with Crippen LogP contribution in [0.1, 0.15) is 13.8 Å². The Hall–Kier alpha value is -1.26. The molecule has 4 heteroatoms.